The molecule has 1 fully saturated rings. The topological polar surface area (TPSA) is 92.8 Å². The van der Waals surface area contributed by atoms with Gasteiger partial charge in [0.2, 0.25) is 11.8 Å². The first-order valence-electron chi connectivity index (χ1n) is 8.80. The normalized spacial score (nSPS) is 21.1. The van der Waals surface area contributed by atoms with Gasteiger partial charge >= 0.3 is 12.1 Å². The Hall–Kier alpha value is -3.17. The van der Waals surface area contributed by atoms with Crippen molar-refractivity contribution in [3.05, 3.63) is 42.0 Å². The molecule has 10 heteroatoms. The molecule has 3 rings (SSSR count). The summed E-state index contributed by atoms with van der Waals surface area (Å²) >= 11 is 0. The quantitative estimate of drug-likeness (QED) is 0.456. The maximum Gasteiger partial charge on any atom is 0.416 e. The van der Waals surface area contributed by atoms with Crippen LogP contribution in [0.4, 0.5) is 18.9 Å². The van der Waals surface area contributed by atoms with E-state index in [1.54, 1.807) is 0 Å². The standard InChI is InChI=1S/C19H17F3N2O5/c20-19(21,22)11-5-7-12(8-6-11)23-15(25)10-29-16(26)9-24-17(27)13-3-1-2-4-14(13)18(24)28/h1-2,5-8,13-14H,3-4,9-10H2,(H,23,25)/t13-,14-/m0/s1. The van der Waals surface area contributed by atoms with Crippen molar-refractivity contribution < 1.29 is 37.1 Å². The molecular weight excluding hydrogens is 393 g/mol. The molecule has 1 aliphatic carbocycles. The molecular formula is C19H17F3N2O5. The number of fused-ring (bicyclic) bond motifs is 1. The maximum atomic E-state index is 12.5. The summed E-state index contributed by atoms with van der Waals surface area (Å²) in [6, 6.07) is 3.75. The second-order valence-electron chi connectivity index (χ2n) is 6.70. The van der Waals surface area contributed by atoms with Gasteiger partial charge in [-0.15, -0.1) is 0 Å². The zero-order chi connectivity index (χ0) is 21.2. The van der Waals surface area contributed by atoms with Crippen molar-refractivity contribution in [2.24, 2.45) is 11.8 Å². The zero-order valence-electron chi connectivity index (χ0n) is 15.1. The fourth-order valence-corrected chi connectivity index (χ4v) is 3.29. The maximum absolute atomic E-state index is 12.5. The van der Waals surface area contributed by atoms with Crippen LogP contribution in [0.1, 0.15) is 18.4 Å². The molecule has 0 unspecified atom stereocenters. The number of carbonyl (C=O) groups is 4. The Kier molecular flexibility index (Phi) is 5.71. The highest BCUT2D eigenvalue weighted by molar-refractivity contribution is 6.07. The van der Waals surface area contributed by atoms with Gasteiger partial charge in [0.05, 0.1) is 17.4 Å². The Bertz CT molecular complexity index is 838. The SMILES string of the molecule is O=C(COC(=O)CN1C(=O)[C@H]2CC=CC[C@@H]2C1=O)Nc1ccc(C(F)(F)F)cc1. The number of imide groups is 1. The van der Waals surface area contributed by atoms with Crippen molar-refractivity contribution in [3.63, 3.8) is 0 Å². The Labute approximate surface area is 163 Å². The molecule has 1 aliphatic heterocycles. The van der Waals surface area contributed by atoms with Crippen LogP contribution in [-0.2, 0) is 30.1 Å². The summed E-state index contributed by atoms with van der Waals surface area (Å²) in [6.07, 6.45) is 0.0300. The summed E-state index contributed by atoms with van der Waals surface area (Å²) in [7, 11) is 0. The molecule has 3 amide bonds. The molecule has 0 spiro atoms. The Morgan fingerprint density at radius 3 is 2.10 bits per heavy atom. The highest BCUT2D eigenvalue weighted by atomic mass is 19.4. The fraction of sp³-hybridized carbons (Fsp3) is 0.368. The Balaban J connectivity index is 1.47. The van der Waals surface area contributed by atoms with Gasteiger partial charge in [-0.1, -0.05) is 12.2 Å². The van der Waals surface area contributed by atoms with Gasteiger partial charge in [0.1, 0.15) is 6.54 Å². The molecule has 1 saturated heterocycles. The van der Waals surface area contributed by atoms with Crippen LogP contribution in [0.2, 0.25) is 0 Å². The molecule has 29 heavy (non-hydrogen) atoms. The number of likely N-dealkylation sites (tertiary alicyclic amines) is 1. The number of carbonyl (C=O) groups excluding carboxylic acids is 4. The zero-order valence-corrected chi connectivity index (χ0v) is 15.1. The third-order valence-corrected chi connectivity index (χ3v) is 4.75. The number of nitrogens with one attached hydrogen (secondary N) is 1. The Morgan fingerprint density at radius 1 is 1.03 bits per heavy atom. The smallest absolute Gasteiger partial charge is 0.416 e. The van der Waals surface area contributed by atoms with Crippen LogP contribution in [0.5, 0.6) is 0 Å². The summed E-state index contributed by atoms with van der Waals surface area (Å²) in [5, 5.41) is 2.29. The van der Waals surface area contributed by atoms with E-state index >= 15 is 0 Å². The van der Waals surface area contributed by atoms with Gasteiger partial charge in [-0.25, -0.2) is 0 Å². The summed E-state index contributed by atoms with van der Waals surface area (Å²) in [5.74, 6) is -3.51. The number of ether oxygens (including phenoxy) is 1. The van der Waals surface area contributed by atoms with Crippen LogP contribution in [0, 0.1) is 11.8 Å². The second-order valence-corrected chi connectivity index (χ2v) is 6.70. The lowest BCUT2D eigenvalue weighted by Gasteiger charge is -2.14. The Morgan fingerprint density at radius 2 is 1.59 bits per heavy atom. The van der Waals surface area contributed by atoms with Crippen molar-refractivity contribution in [2.45, 2.75) is 19.0 Å². The number of hydrogen-bond donors (Lipinski definition) is 1. The molecule has 0 aromatic heterocycles. The van der Waals surface area contributed by atoms with Gasteiger partial charge in [-0.2, -0.15) is 13.2 Å². The predicted molar refractivity (Wildman–Crippen MR) is 93.1 cm³/mol. The number of allylic oxidation sites excluding steroid dienone is 2. The summed E-state index contributed by atoms with van der Waals surface area (Å²) in [6.45, 7) is -1.29. The first kappa shape index (κ1) is 20.6. The number of halogens is 3. The van der Waals surface area contributed by atoms with Crippen molar-refractivity contribution in [2.75, 3.05) is 18.5 Å². The number of rotatable bonds is 5. The molecule has 0 saturated carbocycles. The van der Waals surface area contributed by atoms with Crippen LogP contribution in [-0.4, -0.2) is 41.7 Å². The van der Waals surface area contributed by atoms with E-state index in [0.29, 0.717) is 12.8 Å². The molecule has 154 valence electrons. The monoisotopic (exact) mass is 410 g/mol. The van der Waals surface area contributed by atoms with Gasteiger partial charge in [-0.3, -0.25) is 24.1 Å². The molecule has 1 aromatic carbocycles. The molecule has 1 N–H and O–H groups in total. The van der Waals surface area contributed by atoms with Crippen molar-refractivity contribution in [1.82, 2.24) is 4.90 Å². The minimum Gasteiger partial charge on any atom is -0.454 e. The van der Waals surface area contributed by atoms with E-state index in [1.807, 2.05) is 12.2 Å². The highest BCUT2D eigenvalue weighted by Gasteiger charge is 2.47. The van der Waals surface area contributed by atoms with Gasteiger partial charge in [0.15, 0.2) is 6.61 Å². The lowest BCUT2D eigenvalue weighted by Crippen LogP contribution is -2.37. The predicted octanol–water partition coefficient (Wildman–Crippen LogP) is 2.14. The third kappa shape index (κ3) is 4.64. The summed E-state index contributed by atoms with van der Waals surface area (Å²) in [5.41, 5.74) is -0.766. The summed E-state index contributed by atoms with van der Waals surface area (Å²) < 4.78 is 42.3. The minimum absolute atomic E-state index is 0.0977. The van der Waals surface area contributed by atoms with Crippen molar-refractivity contribution in [3.8, 4) is 0 Å². The van der Waals surface area contributed by atoms with E-state index in [4.69, 9.17) is 4.74 Å². The molecule has 1 aromatic rings. The van der Waals surface area contributed by atoms with E-state index in [2.05, 4.69) is 5.32 Å². The fourth-order valence-electron chi connectivity index (χ4n) is 3.29. The number of alkyl halides is 3. The van der Waals surface area contributed by atoms with E-state index in [0.717, 1.165) is 29.2 Å². The number of hydrogen-bond acceptors (Lipinski definition) is 5. The van der Waals surface area contributed by atoms with Crippen molar-refractivity contribution >= 4 is 29.4 Å². The first-order chi connectivity index (χ1) is 13.7. The van der Waals surface area contributed by atoms with Gasteiger partial charge in [0, 0.05) is 5.69 Å². The second kappa shape index (κ2) is 8.06. The van der Waals surface area contributed by atoms with Crippen molar-refractivity contribution in [1.29, 1.82) is 0 Å². The summed E-state index contributed by atoms with van der Waals surface area (Å²) in [4.78, 5) is 49.1. The lowest BCUT2D eigenvalue weighted by molar-refractivity contribution is -0.154. The van der Waals surface area contributed by atoms with Crippen LogP contribution in [0.25, 0.3) is 0 Å². The molecule has 7 nitrogen and oxygen atoms in total. The first-order valence-corrected chi connectivity index (χ1v) is 8.80. The lowest BCUT2D eigenvalue weighted by atomic mass is 9.85. The van der Waals surface area contributed by atoms with Crippen LogP contribution < -0.4 is 5.32 Å². The van der Waals surface area contributed by atoms with Crippen LogP contribution in [0.15, 0.2) is 36.4 Å². The van der Waals surface area contributed by atoms with E-state index in [1.165, 1.54) is 0 Å². The number of nitrogens with zero attached hydrogens (tertiary/aromatic N) is 1. The van der Waals surface area contributed by atoms with Gasteiger partial charge < -0.3 is 10.1 Å². The van der Waals surface area contributed by atoms with Crippen LogP contribution >= 0.6 is 0 Å². The number of esters is 1. The van der Waals surface area contributed by atoms with Crippen LogP contribution in [0.3, 0.4) is 0 Å². The third-order valence-electron chi connectivity index (χ3n) is 4.75. The number of amides is 3. The molecule has 1 heterocycles. The average molecular weight is 410 g/mol. The van der Waals surface area contributed by atoms with Gasteiger partial charge in [0.25, 0.3) is 5.91 Å². The largest absolute Gasteiger partial charge is 0.454 e. The number of anilines is 1. The van der Waals surface area contributed by atoms with E-state index in [9.17, 15) is 32.3 Å². The number of benzene rings is 1. The average Bonchev–Trinajstić information content (AvgIpc) is 2.91. The van der Waals surface area contributed by atoms with E-state index < -0.39 is 60.4 Å². The molecule has 0 radical (unpaired) electrons. The molecule has 0 bridgehead atoms. The molecule has 2 atom stereocenters. The van der Waals surface area contributed by atoms with Gasteiger partial charge in [-0.05, 0) is 37.1 Å². The molecule has 2 aliphatic rings. The van der Waals surface area contributed by atoms with E-state index in [-0.39, 0.29) is 5.69 Å². The minimum atomic E-state index is -4.49. The highest BCUT2D eigenvalue weighted by Crippen LogP contribution is 2.35.